The first-order valence-electron chi connectivity index (χ1n) is 4.62. The van der Waals surface area contributed by atoms with E-state index in [-0.39, 0.29) is 13.8 Å². The summed E-state index contributed by atoms with van der Waals surface area (Å²) in [4.78, 5) is 10.7. The van der Waals surface area contributed by atoms with E-state index in [2.05, 4.69) is 5.32 Å². The Hall–Kier alpha value is -0.570. The van der Waals surface area contributed by atoms with Crippen molar-refractivity contribution in [2.75, 3.05) is 6.54 Å². The van der Waals surface area contributed by atoms with Gasteiger partial charge >= 0.3 is 5.97 Å². The number of carboxylic acids is 1. The average Bonchev–Trinajstić information content (AvgIpc) is 2.48. The summed E-state index contributed by atoms with van der Waals surface area (Å²) in [6.07, 6.45) is 0.622. The minimum Gasteiger partial charge on any atom is -0.480 e. The van der Waals surface area contributed by atoms with Crippen LogP contribution >= 0.6 is 0 Å². The third-order valence-corrected chi connectivity index (χ3v) is 1.83. The van der Waals surface area contributed by atoms with Crippen molar-refractivity contribution in [1.29, 1.82) is 0 Å². The van der Waals surface area contributed by atoms with Crippen molar-refractivity contribution in [1.82, 2.24) is 5.32 Å². The quantitative estimate of drug-likeness (QED) is 0.563. The highest BCUT2D eigenvalue weighted by molar-refractivity contribution is 5.75. The summed E-state index contributed by atoms with van der Waals surface area (Å²) in [5, 5.41) is 11.6. The third kappa shape index (κ3) is 1.14. The Morgan fingerprint density at radius 2 is 2.60 bits per heavy atom. The molecule has 0 amide bonds. The maximum absolute atomic E-state index is 10.7. The second kappa shape index (κ2) is 2.23. The van der Waals surface area contributed by atoms with E-state index < -0.39 is 17.4 Å². The Morgan fingerprint density at radius 1 is 1.90 bits per heavy atom. The first kappa shape index (κ1) is 5.13. The second-order valence-electron chi connectivity index (χ2n) is 2.84. The number of nitrogens with one attached hydrogen (secondary N) is 1. The van der Waals surface area contributed by atoms with E-state index in [0.29, 0.717) is 13.0 Å². The number of aliphatic carboxylic acids is 1. The van der Waals surface area contributed by atoms with Crippen LogP contribution < -0.4 is 5.32 Å². The smallest absolute Gasteiger partial charge is 0.321 e. The molecule has 0 bridgehead atoms. The predicted octanol–water partition coefficient (Wildman–Crippen LogP) is 0.459. The van der Waals surface area contributed by atoms with E-state index in [1.807, 2.05) is 0 Å². The van der Waals surface area contributed by atoms with E-state index >= 15 is 0 Å². The summed E-state index contributed by atoms with van der Waals surface area (Å²) < 4.78 is 14.5. The van der Waals surface area contributed by atoms with Gasteiger partial charge < -0.3 is 10.4 Å². The van der Waals surface area contributed by atoms with E-state index in [9.17, 15) is 4.79 Å². The molecule has 0 aromatic heterocycles. The van der Waals surface area contributed by atoms with Crippen LogP contribution in [0.15, 0.2) is 0 Å². The molecule has 0 aromatic rings. The molecule has 0 unspecified atom stereocenters. The molecule has 10 heavy (non-hydrogen) atoms. The average molecular weight is 145 g/mol. The minimum absolute atomic E-state index is 0.0144. The van der Waals surface area contributed by atoms with Crippen molar-refractivity contribution < 1.29 is 12.6 Å². The molecule has 0 spiro atoms. The molecule has 0 saturated carbocycles. The van der Waals surface area contributed by atoms with Crippen LogP contribution in [0.4, 0.5) is 0 Å². The van der Waals surface area contributed by atoms with Gasteiger partial charge in [-0.3, -0.25) is 4.79 Å². The van der Waals surface area contributed by atoms with Gasteiger partial charge in [-0.05, 0) is 18.4 Å². The molecule has 58 valence electrons. The zero-order valence-corrected chi connectivity index (χ0v) is 5.76. The SMILES string of the molecule is [2H]CC1(C[2H])CCN[C@@H]1C(=O)O. The molecule has 1 aliphatic heterocycles. The standard InChI is InChI=1S/C7H13NO2/c1-7(2)3-4-8-5(7)6(9)10/h5,8H,3-4H2,1-2H3,(H,9,10)/t5-/m1/s1/i1D,2D. The first-order valence-corrected chi connectivity index (χ1v) is 3.21. The van der Waals surface area contributed by atoms with Gasteiger partial charge in [0, 0.05) is 2.74 Å². The van der Waals surface area contributed by atoms with Gasteiger partial charge in [0.25, 0.3) is 0 Å². The van der Waals surface area contributed by atoms with Crippen LogP contribution in [-0.2, 0) is 4.79 Å². The fourth-order valence-electron chi connectivity index (χ4n) is 1.18. The lowest BCUT2D eigenvalue weighted by Crippen LogP contribution is -2.39. The van der Waals surface area contributed by atoms with Crippen LogP contribution in [0.1, 0.15) is 23.0 Å². The first-order chi connectivity index (χ1) is 5.66. The van der Waals surface area contributed by atoms with Gasteiger partial charge in [0.05, 0.1) is 0 Å². The molecule has 1 heterocycles. The van der Waals surface area contributed by atoms with Crippen molar-refractivity contribution in [3.8, 4) is 0 Å². The van der Waals surface area contributed by atoms with Crippen LogP contribution in [0.3, 0.4) is 0 Å². The van der Waals surface area contributed by atoms with E-state index in [0.717, 1.165) is 0 Å². The van der Waals surface area contributed by atoms with Crippen molar-refractivity contribution in [2.45, 2.75) is 26.3 Å². The Labute approximate surface area is 63.2 Å². The number of rotatable bonds is 1. The topological polar surface area (TPSA) is 49.3 Å². The molecule has 3 heteroatoms. The summed E-state index contributed by atoms with van der Waals surface area (Å²) in [6, 6.07) is -0.701. The molecule has 1 saturated heterocycles. The normalized spacial score (nSPS) is 33.0. The zero-order valence-electron chi connectivity index (χ0n) is 7.76. The Balaban J connectivity index is 2.78. The van der Waals surface area contributed by atoms with E-state index in [1.165, 1.54) is 0 Å². The van der Waals surface area contributed by atoms with E-state index in [4.69, 9.17) is 7.85 Å². The highest BCUT2D eigenvalue weighted by Gasteiger charge is 2.38. The number of carbonyl (C=O) groups is 1. The van der Waals surface area contributed by atoms with Gasteiger partial charge in [0.15, 0.2) is 0 Å². The highest BCUT2D eigenvalue weighted by Crippen LogP contribution is 2.29. The molecule has 1 atom stereocenters. The van der Waals surface area contributed by atoms with Crippen molar-refractivity contribution in [3.05, 3.63) is 0 Å². The van der Waals surface area contributed by atoms with Crippen LogP contribution in [0, 0.1) is 5.41 Å². The predicted molar refractivity (Wildman–Crippen MR) is 37.8 cm³/mol. The lowest BCUT2D eigenvalue weighted by Gasteiger charge is -2.21. The van der Waals surface area contributed by atoms with Crippen LogP contribution in [0.2, 0.25) is 0 Å². The highest BCUT2D eigenvalue weighted by atomic mass is 16.4. The van der Waals surface area contributed by atoms with Gasteiger partial charge in [-0.25, -0.2) is 0 Å². The Morgan fingerprint density at radius 3 is 3.00 bits per heavy atom. The van der Waals surface area contributed by atoms with Crippen molar-refractivity contribution >= 4 is 5.97 Å². The van der Waals surface area contributed by atoms with E-state index in [1.54, 1.807) is 0 Å². The lowest BCUT2D eigenvalue weighted by molar-refractivity contribution is -0.141. The largest absolute Gasteiger partial charge is 0.480 e. The van der Waals surface area contributed by atoms with Gasteiger partial charge in [0.1, 0.15) is 6.04 Å². The fourth-order valence-corrected chi connectivity index (χ4v) is 1.18. The van der Waals surface area contributed by atoms with Gasteiger partial charge in [0.2, 0.25) is 0 Å². The lowest BCUT2D eigenvalue weighted by atomic mass is 9.85. The number of hydrogen-bond donors (Lipinski definition) is 2. The maximum Gasteiger partial charge on any atom is 0.321 e. The summed E-state index contributed by atoms with van der Waals surface area (Å²) >= 11 is 0. The molecule has 0 aliphatic carbocycles. The molecular weight excluding hydrogens is 130 g/mol. The van der Waals surface area contributed by atoms with Crippen LogP contribution in [-0.4, -0.2) is 23.7 Å². The summed E-state index contributed by atoms with van der Waals surface area (Å²) in [6.45, 7) is 0.635. The monoisotopic (exact) mass is 145 g/mol. The Bertz CT molecular complexity index is 182. The second-order valence-corrected chi connectivity index (χ2v) is 2.84. The molecule has 1 aliphatic rings. The summed E-state index contributed by atoms with van der Waals surface area (Å²) in [5.74, 6) is -0.938. The van der Waals surface area contributed by atoms with Gasteiger partial charge in [-0.2, -0.15) is 0 Å². The third-order valence-electron chi connectivity index (χ3n) is 1.83. The van der Waals surface area contributed by atoms with Gasteiger partial charge in [-0.1, -0.05) is 13.8 Å². The van der Waals surface area contributed by atoms with Crippen molar-refractivity contribution in [3.63, 3.8) is 0 Å². The summed E-state index contributed by atoms with van der Waals surface area (Å²) in [5.41, 5.74) is -0.661. The molecule has 1 rings (SSSR count). The minimum atomic E-state index is -0.938. The number of hydrogen-bond acceptors (Lipinski definition) is 2. The number of carboxylic acid groups (broad SMARTS) is 1. The molecule has 3 nitrogen and oxygen atoms in total. The van der Waals surface area contributed by atoms with Crippen molar-refractivity contribution in [2.24, 2.45) is 5.41 Å². The Kier molecular flexibility index (Phi) is 1.15. The zero-order chi connectivity index (χ0) is 9.19. The fraction of sp³-hybridized carbons (Fsp3) is 0.857. The molecular formula is C7H13NO2. The van der Waals surface area contributed by atoms with Crippen LogP contribution in [0.25, 0.3) is 0 Å². The van der Waals surface area contributed by atoms with Gasteiger partial charge in [-0.15, -0.1) is 0 Å². The molecule has 2 N–H and O–H groups in total. The molecule has 1 fully saturated rings. The summed E-state index contributed by atoms with van der Waals surface area (Å²) in [7, 11) is 0. The maximum atomic E-state index is 10.7. The van der Waals surface area contributed by atoms with Crippen LogP contribution in [0.5, 0.6) is 0 Å². The molecule has 0 aromatic carbocycles. The molecule has 0 radical (unpaired) electrons.